The third-order valence-electron chi connectivity index (χ3n) is 1.54. The highest BCUT2D eigenvalue weighted by atomic mass is 79.9. The number of ether oxygens (including phenoxy) is 1. The Kier molecular flexibility index (Phi) is 3.35. The summed E-state index contributed by atoms with van der Waals surface area (Å²) in [5.41, 5.74) is -0.0446. The van der Waals surface area contributed by atoms with Gasteiger partial charge in [0.25, 0.3) is 5.78 Å². The minimum atomic E-state index is -1.02. The molecule has 0 radical (unpaired) electrons. The van der Waals surface area contributed by atoms with Crippen LogP contribution >= 0.6 is 15.9 Å². The highest BCUT2D eigenvalue weighted by Crippen LogP contribution is 2.18. The smallest absolute Gasteiger partial charge is 0.379 e. The Morgan fingerprint density at radius 3 is 2.64 bits per heavy atom. The second kappa shape index (κ2) is 4.32. The number of carbonyl (C=O) groups excluding carboxylic acids is 2. The van der Waals surface area contributed by atoms with E-state index in [2.05, 4.69) is 20.7 Å². The van der Waals surface area contributed by atoms with Crippen LogP contribution in [0.1, 0.15) is 10.4 Å². The maximum Gasteiger partial charge on any atom is 0.379 e. The highest BCUT2D eigenvalue weighted by molar-refractivity contribution is 9.10. The number of carbonyl (C=O) groups is 2. The first-order valence-electron chi connectivity index (χ1n) is 3.64. The van der Waals surface area contributed by atoms with E-state index in [1.165, 1.54) is 12.1 Å². The van der Waals surface area contributed by atoms with Gasteiger partial charge in [-0.3, -0.25) is 4.79 Å². The van der Waals surface area contributed by atoms with Crippen molar-refractivity contribution in [3.8, 4) is 0 Å². The maximum atomic E-state index is 12.7. The molecule has 0 saturated heterocycles. The quantitative estimate of drug-likeness (QED) is 0.464. The number of halogens is 2. The van der Waals surface area contributed by atoms with E-state index in [1.807, 2.05) is 0 Å². The lowest BCUT2D eigenvalue weighted by atomic mass is 10.1. The van der Waals surface area contributed by atoms with Crippen molar-refractivity contribution in [1.82, 2.24) is 0 Å². The normalized spacial score (nSPS) is 9.64. The summed E-state index contributed by atoms with van der Waals surface area (Å²) in [7, 11) is 1.09. The molecular weight excluding hydrogens is 255 g/mol. The molecule has 0 atom stereocenters. The van der Waals surface area contributed by atoms with Gasteiger partial charge in [0.2, 0.25) is 0 Å². The van der Waals surface area contributed by atoms with Gasteiger partial charge >= 0.3 is 5.97 Å². The fraction of sp³-hybridized carbons (Fsp3) is 0.111. The highest BCUT2D eigenvalue weighted by Gasteiger charge is 2.19. The number of ketones is 1. The van der Waals surface area contributed by atoms with E-state index >= 15 is 0 Å². The molecule has 0 aliphatic rings. The molecule has 3 nitrogen and oxygen atoms in total. The summed E-state index contributed by atoms with van der Waals surface area (Å²) in [6.07, 6.45) is 0. The monoisotopic (exact) mass is 260 g/mol. The number of hydrogen-bond acceptors (Lipinski definition) is 3. The fourth-order valence-electron chi connectivity index (χ4n) is 0.874. The number of methoxy groups -OCH3 is 1. The van der Waals surface area contributed by atoms with Crippen molar-refractivity contribution in [3.05, 3.63) is 34.1 Å². The Morgan fingerprint density at radius 2 is 2.07 bits per heavy atom. The molecule has 0 aromatic heterocycles. The van der Waals surface area contributed by atoms with Crippen molar-refractivity contribution < 1.29 is 18.7 Å². The lowest BCUT2D eigenvalue weighted by Crippen LogP contribution is -2.16. The number of hydrogen-bond donors (Lipinski definition) is 0. The van der Waals surface area contributed by atoms with E-state index in [4.69, 9.17) is 0 Å². The summed E-state index contributed by atoms with van der Waals surface area (Å²) in [5.74, 6) is -2.48. The topological polar surface area (TPSA) is 43.4 Å². The summed E-state index contributed by atoms with van der Waals surface area (Å²) in [6, 6.07) is 3.51. The van der Waals surface area contributed by atoms with Gasteiger partial charge in [0, 0.05) is 10.0 Å². The van der Waals surface area contributed by atoms with Crippen molar-refractivity contribution in [1.29, 1.82) is 0 Å². The summed E-state index contributed by atoms with van der Waals surface area (Å²) >= 11 is 3.03. The molecule has 1 rings (SSSR count). The molecule has 0 spiro atoms. The molecule has 0 heterocycles. The van der Waals surface area contributed by atoms with Gasteiger partial charge in [-0.2, -0.15) is 0 Å². The second-order valence-corrected chi connectivity index (χ2v) is 3.30. The third-order valence-corrected chi connectivity index (χ3v) is 2.24. The number of rotatable bonds is 2. The van der Waals surface area contributed by atoms with E-state index in [0.717, 1.165) is 13.2 Å². The Bertz CT molecular complexity index is 390. The molecule has 0 bridgehead atoms. The third kappa shape index (κ3) is 2.17. The van der Waals surface area contributed by atoms with E-state index in [9.17, 15) is 14.0 Å². The molecule has 1 aromatic carbocycles. The Balaban J connectivity index is 3.12. The van der Waals surface area contributed by atoms with E-state index in [-0.39, 0.29) is 5.56 Å². The van der Waals surface area contributed by atoms with Crippen LogP contribution in [0.5, 0.6) is 0 Å². The van der Waals surface area contributed by atoms with Crippen molar-refractivity contribution in [2.24, 2.45) is 0 Å². The number of esters is 1. The van der Waals surface area contributed by atoms with Crippen LogP contribution in [0.25, 0.3) is 0 Å². The second-order valence-electron chi connectivity index (χ2n) is 2.44. The first kappa shape index (κ1) is 10.8. The molecule has 0 saturated carbocycles. The van der Waals surface area contributed by atoms with Gasteiger partial charge < -0.3 is 4.74 Å². The zero-order valence-corrected chi connectivity index (χ0v) is 8.80. The van der Waals surface area contributed by atoms with Gasteiger partial charge in [0.05, 0.1) is 7.11 Å². The molecular formula is C9H6BrFO3. The van der Waals surface area contributed by atoms with Gasteiger partial charge in [0.1, 0.15) is 5.82 Å². The minimum Gasteiger partial charge on any atom is -0.463 e. The standard InChI is InChI=1S/C9H6BrFO3/c1-14-9(13)8(12)6-4-5(11)2-3-7(6)10/h2-4H,1H3. The van der Waals surface area contributed by atoms with Crippen LogP contribution in [0.15, 0.2) is 22.7 Å². The molecule has 0 unspecified atom stereocenters. The Hall–Kier alpha value is -1.23. The molecule has 14 heavy (non-hydrogen) atoms. The average molecular weight is 261 g/mol. The van der Waals surface area contributed by atoms with Crippen LogP contribution in [0.3, 0.4) is 0 Å². The van der Waals surface area contributed by atoms with Crippen LogP contribution in [0, 0.1) is 5.82 Å². The van der Waals surface area contributed by atoms with Gasteiger partial charge in [-0.05, 0) is 18.2 Å². The predicted molar refractivity (Wildman–Crippen MR) is 50.4 cm³/mol. The number of Topliss-reactive ketones (excluding diaryl/α,β-unsaturated/α-hetero) is 1. The van der Waals surface area contributed by atoms with E-state index < -0.39 is 17.6 Å². The van der Waals surface area contributed by atoms with Crippen molar-refractivity contribution >= 4 is 27.7 Å². The molecule has 5 heteroatoms. The summed E-state index contributed by atoms with van der Waals surface area (Å²) in [6.45, 7) is 0. The molecule has 1 aromatic rings. The SMILES string of the molecule is COC(=O)C(=O)c1cc(F)ccc1Br. The average Bonchev–Trinajstić information content (AvgIpc) is 2.19. The maximum absolute atomic E-state index is 12.7. The Labute approximate surface area is 88.0 Å². The number of benzene rings is 1. The molecule has 74 valence electrons. The zero-order chi connectivity index (χ0) is 10.7. The molecule has 0 aliphatic heterocycles. The van der Waals surface area contributed by atoms with Crippen LogP contribution in [0.2, 0.25) is 0 Å². The van der Waals surface area contributed by atoms with Crippen LogP contribution in [-0.2, 0) is 9.53 Å². The van der Waals surface area contributed by atoms with Crippen LogP contribution in [0.4, 0.5) is 4.39 Å². The molecule has 0 N–H and O–H groups in total. The van der Waals surface area contributed by atoms with E-state index in [0.29, 0.717) is 4.47 Å². The van der Waals surface area contributed by atoms with Gasteiger partial charge in [-0.15, -0.1) is 0 Å². The molecule has 0 fully saturated rings. The summed E-state index contributed by atoms with van der Waals surface area (Å²) in [5, 5.41) is 0. The lowest BCUT2D eigenvalue weighted by Gasteiger charge is -2.01. The van der Waals surface area contributed by atoms with Gasteiger partial charge in [-0.25, -0.2) is 9.18 Å². The van der Waals surface area contributed by atoms with E-state index in [1.54, 1.807) is 0 Å². The minimum absolute atomic E-state index is 0.0446. The first-order chi connectivity index (χ1) is 6.56. The van der Waals surface area contributed by atoms with Crippen molar-refractivity contribution in [3.63, 3.8) is 0 Å². The predicted octanol–water partition coefficient (Wildman–Crippen LogP) is 1.94. The zero-order valence-electron chi connectivity index (χ0n) is 7.21. The lowest BCUT2D eigenvalue weighted by molar-refractivity contribution is -0.135. The van der Waals surface area contributed by atoms with Crippen molar-refractivity contribution in [2.75, 3.05) is 7.11 Å². The molecule has 0 aliphatic carbocycles. The van der Waals surface area contributed by atoms with Crippen LogP contribution in [-0.4, -0.2) is 18.9 Å². The Morgan fingerprint density at radius 1 is 1.43 bits per heavy atom. The van der Waals surface area contributed by atoms with Gasteiger partial charge in [-0.1, -0.05) is 15.9 Å². The van der Waals surface area contributed by atoms with Crippen LogP contribution < -0.4 is 0 Å². The van der Waals surface area contributed by atoms with Gasteiger partial charge in [0.15, 0.2) is 0 Å². The molecule has 0 amide bonds. The fourth-order valence-corrected chi connectivity index (χ4v) is 1.30. The first-order valence-corrected chi connectivity index (χ1v) is 4.43. The van der Waals surface area contributed by atoms with Crippen molar-refractivity contribution in [2.45, 2.75) is 0 Å². The largest absolute Gasteiger partial charge is 0.463 e. The summed E-state index contributed by atoms with van der Waals surface area (Å²) in [4.78, 5) is 22.1. The summed E-state index contributed by atoms with van der Waals surface area (Å²) < 4.78 is 17.3.